The molecule has 2 heterocycles. The van der Waals surface area contributed by atoms with Crippen molar-refractivity contribution in [2.45, 2.75) is 13.1 Å². The Morgan fingerprint density at radius 1 is 1.30 bits per heavy atom. The highest BCUT2D eigenvalue weighted by Crippen LogP contribution is 2.22. The number of nitrogens with zero attached hydrogens (tertiary/aromatic N) is 3. The Morgan fingerprint density at radius 2 is 2.09 bits per heavy atom. The van der Waals surface area contributed by atoms with Gasteiger partial charge >= 0.3 is 0 Å². The lowest BCUT2D eigenvalue weighted by molar-refractivity contribution is 0.0785. The molecular weight excluding hydrogens is 374 g/mol. The molecule has 1 amide bonds. The predicted molar refractivity (Wildman–Crippen MR) is 95.6 cm³/mol. The molecule has 0 bridgehead atoms. The Morgan fingerprint density at radius 3 is 2.78 bits per heavy atom. The van der Waals surface area contributed by atoms with Crippen molar-refractivity contribution in [2.75, 3.05) is 7.05 Å². The topological polar surface area (TPSA) is 38.1 Å². The van der Waals surface area contributed by atoms with E-state index in [1.165, 1.54) is 16.9 Å². The van der Waals surface area contributed by atoms with Crippen LogP contribution in [0.3, 0.4) is 0 Å². The molecular formula is C17H16BrN3OS. The van der Waals surface area contributed by atoms with Gasteiger partial charge in [0.05, 0.1) is 22.1 Å². The van der Waals surface area contributed by atoms with Gasteiger partial charge in [-0.1, -0.05) is 30.3 Å². The third kappa shape index (κ3) is 4.09. The number of halogens is 1. The third-order valence-corrected chi connectivity index (χ3v) is 4.96. The summed E-state index contributed by atoms with van der Waals surface area (Å²) in [4.78, 5) is 14.1. The molecule has 0 spiro atoms. The second-order valence-corrected chi connectivity index (χ2v) is 7.62. The van der Waals surface area contributed by atoms with E-state index in [1.54, 1.807) is 4.90 Å². The van der Waals surface area contributed by atoms with E-state index in [1.807, 2.05) is 53.8 Å². The zero-order valence-corrected chi connectivity index (χ0v) is 15.0. The molecule has 6 heteroatoms. The maximum Gasteiger partial charge on any atom is 0.254 e. The lowest BCUT2D eigenvalue weighted by Gasteiger charge is -2.15. The molecule has 3 rings (SSSR count). The van der Waals surface area contributed by atoms with Gasteiger partial charge in [-0.25, -0.2) is 0 Å². The molecule has 0 radical (unpaired) electrons. The first-order valence-electron chi connectivity index (χ1n) is 7.16. The van der Waals surface area contributed by atoms with Gasteiger partial charge in [0, 0.05) is 30.7 Å². The quantitative estimate of drug-likeness (QED) is 0.660. The van der Waals surface area contributed by atoms with E-state index in [0.29, 0.717) is 12.1 Å². The number of amides is 1. The van der Waals surface area contributed by atoms with Gasteiger partial charge in [0.25, 0.3) is 5.91 Å². The van der Waals surface area contributed by atoms with Crippen LogP contribution in [-0.2, 0) is 13.1 Å². The van der Waals surface area contributed by atoms with Crippen molar-refractivity contribution < 1.29 is 4.79 Å². The molecule has 0 fully saturated rings. The van der Waals surface area contributed by atoms with Crippen LogP contribution in [0.1, 0.15) is 21.5 Å². The molecule has 0 aliphatic carbocycles. The number of thiophene rings is 1. The minimum atomic E-state index is 0.0164. The van der Waals surface area contributed by atoms with Crippen LogP contribution in [-0.4, -0.2) is 27.6 Å². The van der Waals surface area contributed by atoms with Gasteiger partial charge in [0.2, 0.25) is 0 Å². The molecule has 4 nitrogen and oxygen atoms in total. The number of carbonyl (C=O) groups is 1. The second kappa shape index (κ2) is 7.10. The first-order chi connectivity index (χ1) is 11.1. The highest BCUT2D eigenvalue weighted by Gasteiger charge is 2.14. The van der Waals surface area contributed by atoms with Gasteiger partial charge in [-0.15, -0.1) is 11.3 Å². The molecule has 0 saturated carbocycles. The van der Waals surface area contributed by atoms with E-state index >= 15 is 0 Å². The molecule has 118 valence electrons. The summed E-state index contributed by atoms with van der Waals surface area (Å²) >= 11 is 4.90. The lowest BCUT2D eigenvalue weighted by Crippen LogP contribution is -2.25. The third-order valence-electron chi connectivity index (χ3n) is 3.45. The average molecular weight is 390 g/mol. The SMILES string of the molecule is CN(Cc1cnn(Cc2ccccc2)c1)C(=O)c1csc(Br)c1. The number of carbonyl (C=O) groups excluding carboxylic acids is 1. The van der Waals surface area contributed by atoms with Gasteiger partial charge in [0.1, 0.15) is 0 Å². The number of hydrogen-bond acceptors (Lipinski definition) is 3. The molecule has 0 saturated heterocycles. The largest absolute Gasteiger partial charge is 0.337 e. The number of rotatable bonds is 5. The second-order valence-electron chi connectivity index (χ2n) is 5.33. The monoisotopic (exact) mass is 389 g/mol. The van der Waals surface area contributed by atoms with Crippen LogP contribution in [0.2, 0.25) is 0 Å². The highest BCUT2D eigenvalue weighted by atomic mass is 79.9. The first-order valence-corrected chi connectivity index (χ1v) is 8.84. The van der Waals surface area contributed by atoms with Crippen LogP contribution < -0.4 is 0 Å². The van der Waals surface area contributed by atoms with Crippen LogP contribution in [0.25, 0.3) is 0 Å². The molecule has 0 N–H and O–H groups in total. The molecule has 0 aliphatic heterocycles. The molecule has 3 aromatic rings. The standard InChI is InChI=1S/C17H16BrN3OS/c1-20(17(22)15-7-16(18)23-12-15)9-14-8-19-21(11-14)10-13-5-3-2-4-6-13/h2-8,11-12H,9-10H2,1H3. The van der Waals surface area contributed by atoms with Crippen molar-refractivity contribution in [1.29, 1.82) is 0 Å². The molecule has 0 aliphatic rings. The maximum atomic E-state index is 12.3. The zero-order valence-electron chi connectivity index (χ0n) is 12.6. The Kier molecular flexibility index (Phi) is 4.93. The lowest BCUT2D eigenvalue weighted by atomic mass is 10.2. The fraction of sp³-hybridized carbons (Fsp3) is 0.176. The van der Waals surface area contributed by atoms with E-state index in [9.17, 15) is 4.79 Å². The van der Waals surface area contributed by atoms with Gasteiger partial charge in [0.15, 0.2) is 0 Å². The van der Waals surface area contributed by atoms with Crippen LogP contribution in [0.4, 0.5) is 0 Å². The molecule has 0 atom stereocenters. The Labute approximate surface area is 147 Å². The summed E-state index contributed by atoms with van der Waals surface area (Å²) in [7, 11) is 1.81. The summed E-state index contributed by atoms with van der Waals surface area (Å²) in [5.41, 5.74) is 2.93. The minimum Gasteiger partial charge on any atom is -0.337 e. The van der Waals surface area contributed by atoms with E-state index in [4.69, 9.17) is 0 Å². The van der Waals surface area contributed by atoms with Crippen molar-refractivity contribution >= 4 is 33.2 Å². The highest BCUT2D eigenvalue weighted by molar-refractivity contribution is 9.11. The zero-order chi connectivity index (χ0) is 16.2. The van der Waals surface area contributed by atoms with Crippen molar-refractivity contribution in [2.24, 2.45) is 0 Å². The maximum absolute atomic E-state index is 12.3. The average Bonchev–Trinajstić information content (AvgIpc) is 3.17. The van der Waals surface area contributed by atoms with Crippen LogP contribution in [0.15, 0.2) is 58.0 Å². The smallest absolute Gasteiger partial charge is 0.254 e. The summed E-state index contributed by atoms with van der Waals surface area (Å²) in [6.07, 6.45) is 3.80. The van der Waals surface area contributed by atoms with Crippen molar-refractivity contribution in [3.05, 3.63) is 74.6 Å². The molecule has 23 heavy (non-hydrogen) atoms. The summed E-state index contributed by atoms with van der Waals surface area (Å²) in [6.45, 7) is 1.27. The first kappa shape index (κ1) is 16.0. The minimum absolute atomic E-state index is 0.0164. The van der Waals surface area contributed by atoms with E-state index < -0.39 is 0 Å². The Bertz CT molecular complexity index is 797. The number of benzene rings is 1. The Hall–Kier alpha value is -1.92. The van der Waals surface area contributed by atoms with Crippen molar-refractivity contribution in [3.8, 4) is 0 Å². The summed E-state index contributed by atoms with van der Waals surface area (Å²) in [5, 5.41) is 6.24. The fourth-order valence-electron chi connectivity index (χ4n) is 2.33. The van der Waals surface area contributed by atoms with Crippen LogP contribution in [0.5, 0.6) is 0 Å². The van der Waals surface area contributed by atoms with Gasteiger partial charge in [-0.3, -0.25) is 9.48 Å². The van der Waals surface area contributed by atoms with Crippen LogP contribution >= 0.6 is 27.3 Å². The molecule has 2 aromatic heterocycles. The van der Waals surface area contributed by atoms with E-state index in [-0.39, 0.29) is 5.91 Å². The van der Waals surface area contributed by atoms with E-state index in [2.05, 4.69) is 33.2 Å². The van der Waals surface area contributed by atoms with Crippen LogP contribution in [0, 0.1) is 0 Å². The normalized spacial score (nSPS) is 10.7. The van der Waals surface area contributed by atoms with E-state index in [0.717, 1.165) is 15.9 Å². The predicted octanol–water partition coefficient (Wildman–Crippen LogP) is 4.03. The van der Waals surface area contributed by atoms with Crippen molar-refractivity contribution in [3.63, 3.8) is 0 Å². The van der Waals surface area contributed by atoms with Gasteiger partial charge in [-0.2, -0.15) is 5.10 Å². The Balaban J connectivity index is 1.63. The summed E-state index contributed by atoms with van der Waals surface area (Å²) in [5.74, 6) is 0.0164. The number of aromatic nitrogens is 2. The molecule has 0 unspecified atom stereocenters. The summed E-state index contributed by atoms with van der Waals surface area (Å²) in [6, 6.07) is 12.0. The number of hydrogen-bond donors (Lipinski definition) is 0. The van der Waals surface area contributed by atoms with Gasteiger partial charge < -0.3 is 4.90 Å². The molecule has 1 aromatic carbocycles. The van der Waals surface area contributed by atoms with Crippen molar-refractivity contribution in [1.82, 2.24) is 14.7 Å². The fourth-order valence-corrected chi connectivity index (χ4v) is 3.46. The van der Waals surface area contributed by atoms with Gasteiger partial charge in [-0.05, 0) is 27.6 Å². The summed E-state index contributed by atoms with van der Waals surface area (Å²) < 4.78 is 2.86.